The minimum Gasteiger partial charge on any atom is -0.489 e. The SMILES string of the molecule is CCOc1c(/C=C/[N+](=O)[O-])cccc1OCc1ccccc1. The van der Waals surface area contributed by atoms with Crippen molar-refractivity contribution in [3.63, 3.8) is 0 Å². The van der Waals surface area contributed by atoms with Crippen molar-refractivity contribution < 1.29 is 14.4 Å². The summed E-state index contributed by atoms with van der Waals surface area (Å²) in [6, 6.07) is 15.1. The van der Waals surface area contributed by atoms with Crippen molar-refractivity contribution in [3.8, 4) is 11.5 Å². The second-order valence-corrected chi connectivity index (χ2v) is 4.48. The highest BCUT2D eigenvalue weighted by Gasteiger charge is 2.10. The smallest absolute Gasteiger partial charge is 0.235 e. The largest absolute Gasteiger partial charge is 0.489 e. The molecule has 0 aliphatic rings. The van der Waals surface area contributed by atoms with E-state index in [9.17, 15) is 10.1 Å². The number of nitro groups is 1. The lowest BCUT2D eigenvalue weighted by molar-refractivity contribution is -0.400. The Morgan fingerprint density at radius 3 is 2.55 bits per heavy atom. The number of ether oxygens (including phenoxy) is 2. The summed E-state index contributed by atoms with van der Waals surface area (Å²) >= 11 is 0. The van der Waals surface area contributed by atoms with Crippen molar-refractivity contribution in [1.82, 2.24) is 0 Å². The Morgan fingerprint density at radius 1 is 1.09 bits per heavy atom. The number of benzene rings is 2. The van der Waals surface area contributed by atoms with Gasteiger partial charge in [0.05, 0.1) is 11.5 Å². The molecule has 5 heteroatoms. The molecule has 0 heterocycles. The van der Waals surface area contributed by atoms with Crippen LogP contribution in [-0.4, -0.2) is 11.5 Å². The van der Waals surface area contributed by atoms with Crippen molar-refractivity contribution in [2.75, 3.05) is 6.61 Å². The van der Waals surface area contributed by atoms with Gasteiger partial charge >= 0.3 is 0 Å². The van der Waals surface area contributed by atoms with Crippen LogP contribution >= 0.6 is 0 Å². The lowest BCUT2D eigenvalue weighted by atomic mass is 10.2. The number of rotatable bonds is 7. The molecule has 0 bridgehead atoms. The van der Waals surface area contributed by atoms with Crippen LogP contribution < -0.4 is 9.47 Å². The summed E-state index contributed by atoms with van der Waals surface area (Å²) in [7, 11) is 0. The Kier molecular flexibility index (Phi) is 5.54. The van der Waals surface area contributed by atoms with Crippen LogP contribution in [-0.2, 0) is 6.61 Å². The number of para-hydroxylation sites is 1. The predicted molar refractivity (Wildman–Crippen MR) is 84.4 cm³/mol. The Bertz CT molecular complexity index is 653. The molecule has 0 aliphatic heterocycles. The standard InChI is InChI=1S/C17H17NO4/c1-2-21-17-15(11-12-18(19)20)9-6-10-16(17)22-13-14-7-4-3-5-8-14/h3-12H,2,13H2,1H3/b12-11+. The molecule has 22 heavy (non-hydrogen) atoms. The van der Waals surface area contributed by atoms with E-state index in [2.05, 4.69) is 0 Å². The van der Waals surface area contributed by atoms with E-state index in [-0.39, 0.29) is 0 Å². The molecule has 0 aliphatic carbocycles. The van der Waals surface area contributed by atoms with Gasteiger partial charge in [-0.15, -0.1) is 0 Å². The quantitative estimate of drug-likeness (QED) is 0.574. The monoisotopic (exact) mass is 299 g/mol. The van der Waals surface area contributed by atoms with Gasteiger partial charge in [0.2, 0.25) is 6.20 Å². The molecule has 5 nitrogen and oxygen atoms in total. The molecule has 2 aromatic carbocycles. The highest BCUT2D eigenvalue weighted by atomic mass is 16.6. The van der Waals surface area contributed by atoms with E-state index in [0.29, 0.717) is 30.3 Å². The molecule has 0 radical (unpaired) electrons. The third kappa shape index (κ3) is 4.34. The Balaban J connectivity index is 2.22. The first-order valence-electron chi connectivity index (χ1n) is 6.95. The van der Waals surface area contributed by atoms with Gasteiger partial charge in [-0.1, -0.05) is 42.5 Å². The third-order valence-electron chi connectivity index (χ3n) is 2.91. The lowest BCUT2D eigenvalue weighted by Gasteiger charge is -2.14. The van der Waals surface area contributed by atoms with E-state index in [1.165, 1.54) is 6.08 Å². The molecular formula is C17H17NO4. The summed E-state index contributed by atoms with van der Waals surface area (Å²) in [6.07, 6.45) is 2.29. The summed E-state index contributed by atoms with van der Waals surface area (Å²) < 4.78 is 11.4. The van der Waals surface area contributed by atoms with Crippen LogP contribution in [0, 0.1) is 10.1 Å². The molecule has 0 spiro atoms. The molecule has 0 saturated heterocycles. The van der Waals surface area contributed by atoms with Crippen molar-refractivity contribution in [3.05, 3.63) is 76.0 Å². The van der Waals surface area contributed by atoms with Crippen LogP contribution in [0.4, 0.5) is 0 Å². The van der Waals surface area contributed by atoms with Gasteiger partial charge in [0.1, 0.15) is 6.61 Å². The lowest BCUT2D eigenvalue weighted by Crippen LogP contribution is -2.01. The van der Waals surface area contributed by atoms with Crippen LogP contribution in [0.1, 0.15) is 18.1 Å². The molecule has 0 atom stereocenters. The topological polar surface area (TPSA) is 61.6 Å². The fourth-order valence-corrected chi connectivity index (χ4v) is 1.95. The van der Waals surface area contributed by atoms with Gasteiger partial charge in [0.15, 0.2) is 11.5 Å². The van der Waals surface area contributed by atoms with Gasteiger partial charge in [0, 0.05) is 11.6 Å². The van der Waals surface area contributed by atoms with Crippen molar-refractivity contribution in [2.45, 2.75) is 13.5 Å². The summed E-state index contributed by atoms with van der Waals surface area (Å²) in [5.41, 5.74) is 1.65. The van der Waals surface area contributed by atoms with Crippen molar-refractivity contribution in [2.24, 2.45) is 0 Å². The van der Waals surface area contributed by atoms with E-state index < -0.39 is 4.92 Å². The van der Waals surface area contributed by atoms with Gasteiger partial charge in [0.25, 0.3) is 0 Å². The summed E-state index contributed by atoms with van der Waals surface area (Å²) in [4.78, 5) is 9.98. The Labute approximate surface area is 129 Å². The summed E-state index contributed by atoms with van der Waals surface area (Å²) in [5.74, 6) is 1.08. The molecular weight excluding hydrogens is 282 g/mol. The van der Waals surface area contributed by atoms with Crippen LogP contribution in [0.25, 0.3) is 6.08 Å². The molecule has 2 rings (SSSR count). The van der Waals surface area contributed by atoms with Crippen LogP contribution in [0.15, 0.2) is 54.7 Å². The molecule has 0 saturated carbocycles. The minimum absolute atomic E-state index is 0.406. The summed E-state index contributed by atoms with van der Waals surface area (Å²) in [6.45, 7) is 2.71. The molecule has 114 valence electrons. The van der Waals surface area contributed by atoms with Gasteiger partial charge in [-0.25, -0.2) is 0 Å². The maximum absolute atomic E-state index is 10.5. The third-order valence-corrected chi connectivity index (χ3v) is 2.91. The normalized spacial score (nSPS) is 10.6. The van der Waals surface area contributed by atoms with Crippen LogP contribution in [0.3, 0.4) is 0 Å². The second kappa shape index (κ2) is 7.83. The highest BCUT2D eigenvalue weighted by molar-refractivity contribution is 5.61. The molecule has 0 amide bonds. The number of hydrogen-bond acceptors (Lipinski definition) is 4. The average Bonchev–Trinajstić information content (AvgIpc) is 2.53. The van der Waals surface area contributed by atoms with Crippen LogP contribution in [0.2, 0.25) is 0 Å². The first-order chi connectivity index (χ1) is 10.7. The molecule has 0 unspecified atom stereocenters. The summed E-state index contributed by atoms with van der Waals surface area (Å²) in [5, 5.41) is 10.5. The van der Waals surface area contributed by atoms with Crippen molar-refractivity contribution >= 4 is 6.08 Å². The maximum Gasteiger partial charge on any atom is 0.235 e. The highest BCUT2D eigenvalue weighted by Crippen LogP contribution is 2.33. The average molecular weight is 299 g/mol. The first-order valence-corrected chi connectivity index (χ1v) is 6.95. The zero-order valence-electron chi connectivity index (χ0n) is 12.3. The maximum atomic E-state index is 10.5. The zero-order chi connectivity index (χ0) is 15.8. The molecule has 0 N–H and O–H groups in total. The van der Waals surface area contributed by atoms with Gasteiger partial charge in [-0.3, -0.25) is 10.1 Å². The molecule has 2 aromatic rings. The van der Waals surface area contributed by atoms with E-state index in [1.807, 2.05) is 37.3 Å². The zero-order valence-corrected chi connectivity index (χ0v) is 12.3. The van der Waals surface area contributed by atoms with E-state index in [4.69, 9.17) is 9.47 Å². The fourth-order valence-electron chi connectivity index (χ4n) is 1.95. The van der Waals surface area contributed by atoms with E-state index >= 15 is 0 Å². The van der Waals surface area contributed by atoms with Crippen molar-refractivity contribution in [1.29, 1.82) is 0 Å². The van der Waals surface area contributed by atoms with E-state index in [1.54, 1.807) is 18.2 Å². The van der Waals surface area contributed by atoms with E-state index in [0.717, 1.165) is 11.8 Å². The van der Waals surface area contributed by atoms with Crippen LogP contribution in [0.5, 0.6) is 11.5 Å². The number of hydrogen-bond donors (Lipinski definition) is 0. The van der Waals surface area contributed by atoms with Gasteiger partial charge < -0.3 is 9.47 Å². The Hall–Kier alpha value is -2.82. The first kappa shape index (κ1) is 15.6. The predicted octanol–water partition coefficient (Wildman–Crippen LogP) is 3.91. The molecule has 0 fully saturated rings. The fraction of sp³-hybridized carbons (Fsp3) is 0.176. The van der Waals surface area contributed by atoms with Gasteiger partial charge in [-0.05, 0) is 18.6 Å². The Morgan fingerprint density at radius 2 is 1.86 bits per heavy atom. The molecule has 0 aromatic heterocycles. The minimum atomic E-state index is -0.507. The second-order valence-electron chi connectivity index (χ2n) is 4.48. The number of nitrogens with zero attached hydrogens (tertiary/aromatic N) is 1. The van der Waals surface area contributed by atoms with Gasteiger partial charge in [-0.2, -0.15) is 0 Å².